The molecule has 0 atom stereocenters. The Morgan fingerprint density at radius 1 is 1.21 bits per heavy atom. The van der Waals surface area contributed by atoms with E-state index in [0.29, 0.717) is 5.57 Å². The van der Waals surface area contributed by atoms with Gasteiger partial charge in [0.2, 0.25) is 0 Å². The standard InChI is InChI=1S/C12H14O2/c1-8-4-9(2)6-11(5-8)7-10(3)12(13)14/h4-7H,1-3H3,(H,13,14)/b10-7+. The molecule has 0 heterocycles. The van der Waals surface area contributed by atoms with Gasteiger partial charge in [-0.1, -0.05) is 29.3 Å². The molecule has 1 N–H and O–H groups in total. The summed E-state index contributed by atoms with van der Waals surface area (Å²) in [5.74, 6) is -0.871. The number of aryl methyl sites for hydroxylation is 2. The van der Waals surface area contributed by atoms with Crippen molar-refractivity contribution in [2.24, 2.45) is 0 Å². The lowest BCUT2D eigenvalue weighted by atomic mass is 10.1. The summed E-state index contributed by atoms with van der Waals surface area (Å²) >= 11 is 0. The Balaban J connectivity index is 3.08. The van der Waals surface area contributed by atoms with Gasteiger partial charge in [0.25, 0.3) is 0 Å². The Hall–Kier alpha value is -1.57. The molecule has 0 bridgehead atoms. The van der Waals surface area contributed by atoms with E-state index in [1.807, 2.05) is 26.0 Å². The Bertz CT molecular complexity index is 369. The highest BCUT2D eigenvalue weighted by Crippen LogP contribution is 2.12. The normalized spacial score (nSPS) is 11.5. The molecule has 0 radical (unpaired) electrons. The largest absolute Gasteiger partial charge is 0.478 e. The second-order valence-electron chi connectivity index (χ2n) is 3.55. The molecule has 1 aromatic rings. The third kappa shape index (κ3) is 2.73. The van der Waals surface area contributed by atoms with Gasteiger partial charge in [-0.05, 0) is 32.4 Å². The van der Waals surface area contributed by atoms with E-state index in [4.69, 9.17) is 5.11 Å². The fourth-order valence-electron chi connectivity index (χ4n) is 1.40. The molecule has 14 heavy (non-hydrogen) atoms. The topological polar surface area (TPSA) is 37.3 Å². The van der Waals surface area contributed by atoms with E-state index in [2.05, 4.69) is 6.07 Å². The SMILES string of the molecule is C/C(=C\c1cc(C)cc(C)c1)C(=O)O. The van der Waals surface area contributed by atoms with Gasteiger partial charge in [0.15, 0.2) is 0 Å². The van der Waals surface area contributed by atoms with Crippen LogP contribution >= 0.6 is 0 Å². The molecule has 1 rings (SSSR count). The summed E-state index contributed by atoms with van der Waals surface area (Å²) in [6.45, 7) is 5.60. The monoisotopic (exact) mass is 190 g/mol. The Labute approximate surface area is 83.9 Å². The van der Waals surface area contributed by atoms with Gasteiger partial charge in [-0.25, -0.2) is 4.79 Å². The molecule has 2 heteroatoms. The fraction of sp³-hybridized carbons (Fsp3) is 0.250. The first-order valence-corrected chi connectivity index (χ1v) is 4.49. The van der Waals surface area contributed by atoms with Crippen LogP contribution in [0, 0.1) is 13.8 Å². The molecule has 0 spiro atoms. The first-order valence-electron chi connectivity index (χ1n) is 4.49. The van der Waals surface area contributed by atoms with Crippen molar-refractivity contribution in [2.45, 2.75) is 20.8 Å². The molecule has 0 saturated heterocycles. The highest BCUT2D eigenvalue weighted by atomic mass is 16.4. The van der Waals surface area contributed by atoms with E-state index < -0.39 is 5.97 Å². The van der Waals surface area contributed by atoms with Crippen LogP contribution in [0.4, 0.5) is 0 Å². The molecule has 1 aromatic carbocycles. The van der Waals surface area contributed by atoms with Crippen molar-refractivity contribution in [3.8, 4) is 0 Å². The molecular formula is C12H14O2. The highest BCUT2D eigenvalue weighted by molar-refractivity contribution is 5.91. The number of carbonyl (C=O) groups is 1. The van der Waals surface area contributed by atoms with Gasteiger partial charge in [0.05, 0.1) is 0 Å². The van der Waals surface area contributed by atoms with Crippen molar-refractivity contribution in [2.75, 3.05) is 0 Å². The van der Waals surface area contributed by atoms with Crippen LogP contribution in [0.1, 0.15) is 23.6 Å². The molecular weight excluding hydrogens is 176 g/mol. The lowest BCUT2D eigenvalue weighted by Gasteiger charge is -2.00. The Morgan fingerprint density at radius 2 is 1.71 bits per heavy atom. The minimum absolute atomic E-state index is 0.356. The summed E-state index contributed by atoms with van der Waals surface area (Å²) in [5, 5.41) is 8.71. The number of carboxylic acids is 1. The van der Waals surface area contributed by atoms with Gasteiger partial charge in [0, 0.05) is 5.57 Å². The number of aliphatic carboxylic acids is 1. The number of rotatable bonds is 2. The first kappa shape index (κ1) is 10.5. The average molecular weight is 190 g/mol. The zero-order valence-corrected chi connectivity index (χ0v) is 8.66. The molecule has 0 saturated carbocycles. The molecule has 0 aromatic heterocycles. The zero-order valence-electron chi connectivity index (χ0n) is 8.66. The quantitative estimate of drug-likeness (QED) is 0.728. The second-order valence-corrected chi connectivity index (χ2v) is 3.55. The van der Waals surface area contributed by atoms with E-state index in [9.17, 15) is 4.79 Å². The summed E-state index contributed by atoms with van der Waals surface area (Å²) in [6.07, 6.45) is 1.68. The lowest BCUT2D eigenvalue weighted by Crippen LogP contribution is -1.95. The van der Waals surface area contributed by atoms with Gasteiger partial charge < -0.3 is 5.11 Å². The predicted molar refractivity (Wildman–Crippen MR) is 57.2 cm³/mol. The number of carboxylic acid groups (broad SMARTS) is 1. The molecule has 2 nitrogen and oxygen atoms in total. The van der Waals surface area contributed by atoms with Gasteiger partial charge in [-0.3, -0.25) is 0 Å². The van der Waals surface area contributed by atoms with E-state index >= 15 is 0 Å². The second kappa shape index (κ2) is 4.09. The maximum Gasteiger partial charge on any atom is 0.331 e. The van der Waals surface area contributed by atoms with Gasteiger partial charge >= 0.3 is 5.97 Å². The highest BCUT2D eigenvalue weighted by Gasteiger charge is 2.00. The van der Waals surface area contributed by atoms with Gasteiger partial charge in [-0.2, -0.15) is 0 Å². The summed E-state index contributed by atoms with van der Waals surface area (Å²) in [7, 11) is 0. The minimum atomic E-state index is -0.871. The van der Waals surface area contributed by atoms with Crippen molar-refractivity contribution in [3.63, 3.8) is 0 Å². The lowest BCUT2D eigenvalue weighted by molar-refractivity contribution is -0.132. The van der Waals surface area contributed by atoms with E-state index in [-0.39, 0.29) is 0 Å². The van der Waals surface area contributed by atoms with Gasteiger partial charge in [0.1, 0.15) is 0 Å². The minimum Gasteiger partial charge on any atom is -0.478 e. The molecule has 0 fully saturated rings. The van der Waals surface area contributed by atoms with Crippen LogP contribution in [0.5, 0.6) is 0 Å². The van der Waals surface area contributed by atoms with Crippen LogP contribution < -0.4 is 0 Å². The number of hydrogen-bond donors (Lipinski definition) is 1. The van der Waals surface area contributed by atoms with Gasteiger partial charge in [-0.15, -0.1) is 0 Å². The summed E-state index contributed by atoms with van der Waals surface area (Å²) in [6, 6.07) is 6.01. The van der Waals surface area contributed by atoms with Crippen LogP contribution in [0.25, 0.3) is 6.08 Å². The smallest absolute Gasteiger partial charge is 0.331 e. The summed E-state index contributed by atoms with van der Waals surface area (Å²) in [5.41, 5.74) is 3.60. The van der Waals surface area contributed by atoms with Crippen LogP contribution in [0.3, 0.4) is 0 Å². The Morgan fingerprint density at radius 3 is 2.14 bits per heavy atom. The van der Waals surface area contributed by atoms with Crippen molar-refractivity contribution < 1.29 is 9.90 Å². The third-order valence-electron chi connectivity index (χ3n) is 1.96. The zero-order chi connectivity index (χ0) is 10.7. The molecule has 0 aliphatic carbocycles. The predicted octanol–water partition coefficient (Wildman–Crippen LogP) is 2.79. The van der Waals surface area contributed by atoms with Crippen LogP contribution in [0.2, 0.25) is 0 Å². The summed E-state index contributed by atoms with van der Waals surface area (Å²) in [4.78, 5) is 10.6. The number of benzene rings is 1. The number of hydrogen-bond acceptors (Lipinski definition) is 1. The molecule has 0 aliphatic heterocycles. The first-order chi connectivity index (χ1) is 6.49. The molecule has 74 valence electrons. The fourth-order valence-corrected chi connectivity index (χ4v) is 1.40. The van der Waals surface area contributed by atoms with E-state index in [1.54, 1.807) is 13.0 Å². The molecule has 0 aliphatic rings. The Kier molecular flexibility index (Phi) is 3.07. The van der Waals surface area contributed by atoms with Crippen LogP contribution in [-0.2, 0) is 4.79 Å². The summed E-state index contributed by atoms with van der Waals surface area (Å²) < 4.78 is 0. The van der Waals surface area contributed by atoms with Crippen molar-refractivity contribution in [1.82, 2.24) is 0 Å². The van der Waals surface area contributed by atoms with Crippen molar-refractivity contribution >= 4 is 12.0 Å². The van der Waals surface area contributed by atoms with E-state index in [0.717, 1.165) is 16.7 Å². The van der Waals surface area contributed by atoms with Crippen molar-refractivity contribution in [1.29, 1.82) is 0 Å². The van der Waals surface area contributed by atoms with Crippen LogP contribution in [-0.4, -0.2) is 11.1 Å². The third-order valence-corrected chi connectivity index (χ3v) is 1.96. The molecule has 0 unspecified atom stereocenters. The van der Waals surface area contributed by atoms with E-state index in [1.165, 1.54) is 0 Å². The van der Waals surface area contributed by atoms with Crippen molar-refractivity contribution in [3.05, 3.63) is 40.5 Å². The maximum absolute atomic E-state index is 10.6. The van der Waals surface area contributed by atoms with Crippen LogP contribution in [0.15, 0.2) is 23.8 Å². The maximum atomic E-state index is 10.6. The molecule has 0 amide bonds. The average Bonchev–Trinajstić information content (AvgIpc) is 2.01.